The summed E-state index contributed by atoms with van der Waals surface area (Å²) in [4.78, 5) is 13.0. The van der Waals surface area contributed by atoms with Crippen molar-refractivity contribution in [2.45, 2.75) is 19.3 Å². The summed E-state index contributed by atoms with van der Waals surface area (Å²) in [5.74, 6) is 0.425. The zero-order valence-electron chi connectivity index (χ0n) is 14.1. The van der Waals surface area contributed by atoms with Gasteiger partial charge in [0.15, 0.2) is 5.69 Å². The molecule has 0 spiro atoms. The Bertz CT molecular complexity index is 1090. The number of imidazole rings is 1. The minimum atomic E-state index is -0.368. The molecule has 27 heavy (non-hydrogen) atoms. The molecule has 134 valence electrons. The molecule has 8 heteroatoms. The average Bonchev–Trinajstić information content (AvgIpc) is 3.35. The first-order chi connectivity index (χ1) is 13.3. The fourth-order valence-corrected chi connectivity index (χ4v) is 3.15. The highest BCUT2D eigenvalue weighted by Gasteiger charge is 2.27. The monoisotopic (exact) mass is 363 g/mol. The number of rotatable bonds is 3. The maximum Gasteiger partial charge on any atom is 0.278 e. The smallest absolute Gasteiger partial charge is 0.278 e. The van der Waals surface area contributed by atoms with Gasteiger partial charge in [0.25, 0.3) is 5.89 Å². The van der Waals surface area contributed by atoms with E-state index in [1.807, 2.05) is 16.7 Å². The van der Waals surface area contributed by atoms with Crippen LogP contribution in [0.1, 0.15) is 17.4 Å². The summed E-state index contributed by atoms with van der Waals surface area (Å²) in [6, 6.07) is 12.1. The van der Waals surface area contributed by atoms with Gasteiger partial charge >= 0.3 is 0 Å². The highest BCUT2D eigenvalue weighted by Crippen LogP contribution is 2.32. The second-order valence-electron chi connectivity index (χ2n) is 6.15. The number of ether oxygens (including phenoxy) is 1. The molecule has 0 amide bonds. The topological polar surface area (TPSA) is 78.9 Å². The lowest BCUT2D eigenvalue weighted by Crippen LogP contribution is -2.21. The SMILES string of the molecule is Fc1ccccc1[C@@H]1Cn2cnc(-c3nc(-c4ccccn4)no3)c2CO1. The fourth-order valence-electron chi connectivity index (χ4n) is 3.15. The molecule has 0 fully saturated rings. The maximum atomic E-state index is 14.0. The van der Waals surface area contributed by atoms with Gasteiger partial charge < -0.3 is 13.8 Å². The lowest BCUT2D eigenvalue weighted by atomic mass is 10.1. The number of hydrogen-bond donors (Lipinski definition) is 0. The summed E-state index contributed by atoms with van der Waals surface area (Å²) in [5, 5.41) is 3.98. The third-order valence-corrected chi connectivity index (χ3v) is 4.50. The molecule has 0 aliphatic carbocycles. The number of fused-ring (bicyclic) bond motifs is 1. The molecule has 1 aliphatic heterocycles. The second kappa shape index (κ2) is 6.40. The third kappa shape index (κ3) is 2.80. The van der Waals surface area contributed by atoms with Crippen LogP contribution in [0.3, 0.4) is 0 Å². The molecule has 7 nitrogen and oxygen atoms in total. The number of nitrogens with zero attached hydrogens (tertiary/aromatic N) is 5. The number of hydrogen-bond acceptors (Lipinski definition) is 6. The van der Waals surface area contributed by atoms with Crippen molar-refractivity contribution in [3.63, 3.8) is 0 Å². The Morgan fingerprint density at radius 1 is 1.07 bits per heavy atom. The number of pyridine rings is 1. The molecular formula is C19H14FN5O2. The van der Waals surface area contributed by atoms with Crippen LogP contribution in [0.4, 0.5) is 4.39 Å². The average molecular weight is 363 g/mol. The number of aromatic nitrogens is 5. The van der Waals surface area contributed by atoms with Crippen molar-refractivity contribution >= 4 is 0 Å². The molecule has 0 saturated carbocycles. The summed E-state index contributed by atoms with van der Waals surface area (Å²) >= 11 is 0. The van der Waals surface area contributed by atoms with E-state index in [4.69, 9.17) is 9.26 Å². The minimum absolute atomic E-state index is 0.273. The second-order valence-corrected chi connectivity index (χ2v) is 6.15. The Hall–Kier alpha value is -3.39. The van der Waals surface area contributed by atoms with Crippen LogP contribution in [-0.2, 0) is 17.9 Å². The van der Waals surface area contributed by atoms with Crippen molar-refractivity contribution < 1.29 is 13.7 Å². The van der Waals surface area contributed by atoms with Gasteiger partial charge in [-0.1, -0.05) is 29.4 Å². The van der Waals surface area contributed by atoms with Crippen LogP contribution < -0.4 is 0 Å². The van der Waals surface area contributed by atoms with Crippen molar-refractivity contribution in [1.82, 2.24) is 24.7 Å². The van der Waals surface area contributed by atoms with Crippen LogP contribution >= 0.6 is 0 Å². The molecule has 0 unspecified atom stereocenters. The Balaban J connectivity index is 1.44. The van der Waals surface area contributed by atoms with E-state index in [-0.39, 0.29) is 18.5 Å². The Morgan fingerprint density at radius 3 is 2.81 bits per heavy atom. The van der Waals surface area contributed by atoms with E-state index in [0.717, 1.165) is 5.69 Å². The minimum Gasteiger partial charge on any atom is -0.365 e. The summed E-state index contributed by atoms with van der Waals surface area (Å²) in [5.41, 5.74) is 2.54. The van der Waals surface area contributed by atoms with Gasteiger partial charge in [-0.15, -0.1) is 0 Å². The zero-order valence-corrected chi connectivity index (χ0v) is 14.1. The van der Waals surface area contributed by atoms with E-state index in [9.17, 15) is 4.39 Å². The largest absolute Gasteiger partial charge is 0.365 e. The number of halogens is 1. The number of benzene rings is 1. The molecule has 3 aromatic heterocycles. The fraction of sp³-hybridized carbons (Fsp3) is 0.158. The zero-order chi connectivity index (χ0) is 18.2. The van der Waals surface area contributed by atoms with E-state index in [0.29, 0.717) is 35.2 Å². The van der Waals surface area contributed by atoms with Gasteiger partial charge in [0.1, 0.15) is 17.6 Å². The summed E-state index contributed by atoms with van der Waals surface area (Å²) in [6.45, 7) is 0.736. The molecule has 5 rings (SSSR count). The van der Waals surface area contributed by atoms with Crippen LogP contribution in [0.2, 0.25) is 0 Å². The van der Waals surface area contributed by atoms with Crippen LogP contribution in [0.15, 0.2) is 59.5 Å². The molecule has 1 aromatic carbocycles. The lowest BCUT2D eigenvalue weighted by molar-refractivity contribution is 0.00126. The first-order valence-electron chi connectivity index (χ1n) is 8.45. The van der Waals surface area contributed by atoms with E-state index < -0.39 is 0 Å². The van der Waals surface area contributed by atoms with Gasteiger partial charge in [-0.25, -0.2) is 9.37 Å². The van der Waals surface area contributed by atoms with E-state index in [2.05, 4.69) is 20.1 Å². The molecule has 0 bridgehead atoms. The van der Waals surface area contributed by atoms with E-state index in [1.165, 1.54) is 6.07 Å². The van der Waals surface area contributed by atoms with Gasteiger partial charge in [-0.3, -0.25) is 4.98 Å². The third-order valence-electron chi connectivity index (χ3n) is 4.50. The molecule has 0 N–H and O–H groups in total. The van der Waals surface area contributed by atoms with Crippen molar-refractivity contribution in [3.8, 4) is 23.1 Å². The van der Waals surface area contributed by atoms with Crippen molar-refractivity contribution in [2.75, 3.05) is 0 Å². The Labute approximate surface area is 153 Å². The predicted octanol–water partition coefficient (Wildman–Crippen LogP) is 3.41. The summed E-state index contributed by atoms with van der Waals surface area (Å²) in [7, 11) is 0. The highest BCUT2D eigenvalue weighted by atomic mass is 19.1. The van der Waals surface area contributed by atoms with Gasteiger partial charge in [0.2, 0.25) is 5.82 Å². The van der Waals surface area contributed by atoms with Crippen LogP contribution in [-0.4, -0.2) is 24.7 Å². The van der Waals surface area contributed by atoms with Crippen LogP contribution in [0, 0.1) is 5.82 Å². The summed E-state index contributed by atoms with van der Waals surface area (Å²) < 4.78 is 27.2. The molecule has 0 saturated heterocycles. The summed E-state index contributed by atoms with van der Waals surface area (Å²) in [6.07, 6.45) is 2.99. The van der Waals surface area contributed by atoms with Crippen LogP contribution in [0.5, 0.6) is 0 Å². The van der Waals surface area contributed by atoms with E-state index >= 15 is 0 Å². The molecule has 1 atom stereocenters. The van der Waals surface area contributed by atoms with Gasteiger partial charge in [0.05, 0.1) is 25.2 Å². The Morgan fingerprint density at radius 2 is 1.96 bits per heavy atom. The predicted molar refractivity (Wildman–Crippen MR) is 92.7 cm³/mol. The maximum absolute atomic E-state index is 14.0. The highest BCUT2D eigenvalue weighted by molar-refractivity contribution is 5.56. The Kier molecular flexibility index (Phi) is 3.75. The molecule has 1 aliphatic rings. The van der Waals surface area contributed by atoms with E-state index in [1.54, 1.807) is 36.8 Å². The molecule has 4 heterocycles. The first kappa shape index (κ1) is 15.8. The normalized spacial score (nSPS) is 16.3. The first-order valence-corrected chi connectivity index (χ1v) is 8.45. The molecule has 0 radical (unpaired) electrons. The molecular weight excluding hydrogens is 349 g/mol. The molecule has 4 aromatic rings. The van der Waals surface area contributed by atoms with Crippen molar-refractivity contribution in [2.24, 2.45) is 0 Å². The van der Waals surface area contributed by atoms with Crippen LogP contribution in [0.25, 0.3) is 23.1 Å². The van der Waals surface area contributed by atoms with Gasteiger partial charge in [-0.2, -0.15) is 4.98 Å². The quantitative estimate of drug-likeness (QED) is 0.555. The van der Waals surface area contributed by atoms with Gasteiger partial charge in [0, 0.05) is 11.8 Å². The lowest BCUT2D eigenvalue weighted by Gasteiger charge is -2.25. The van der Waals surface area contributed by atoms with Crippen molar-refractivity contribution in [1.29, 1.82) is 0 Å². The standard InChI is InChI=1S/C19H14FN5O2/c20-13-6-2-1-5-12(13)16-9-25-11-22-17(15(25)10-26-16)19-23-18(24-27-19)14-7-3-4-8-21-14/h1-8,11,16H,9-10H2/t16-/m0/s1. The van der Waals surface area contributed by atoms with Crippen molar-refractivity contribution in [3.05, 3.63) is 72.1 Å². The van der Waals surface area contributed by atoms with Gasteiger partial charge in [-0.05, 0) is 18.2 Å².